The van der Waals surface area contributed by atoms with Crippen LogP contribution in [0.5, 0.6) is 0 Å². The number of para-hydroxylation sites is 2. The van der Waals surface area contributed by atoms with Crippen LogP contribution >= 0.6 is 0 Å². The summed E-state index contributed by atoms with van der Waals surface area (Å²) in [5, 5.41) is 4.87. The molecule has 0 saturated heterocycles. The second-order valence-corrected chi connectivity index (χ2v) is 10.8. The quantitative estimate of drug-likeness (QED) is 0.153. The Kier molecular flexibility index (Phi) is 6.65. The van der Waals surface area contributed by atoms with Crippen LogP contribution in [-0.4, -0.2) is 0 Å². The van der Waals surface area contributed by atoms with E-state index in [-0.39, 0.29) is 0 Å². The first-order valence-electron chi connectivity index (χ1n) is 14.5. The lowest BCUT2D eigenvalue weighted by Crippen LogP contribution is -2.18. The minimum absolute atomic E-state index is 1.11. The van der Waals surface area contributed by atoms with Crippen molar-refractivity contribution >= 4 is 55.7 Å². The van der Waals surface area contributed by atoms with Gasteiger partial charge in [-0.15, -0.1) is 0 Å². The number of anilines is 6. The smallest absolute Gasteiger partial charge is 0.0788 e. The molecule has 0 spiro atoms. The second-order valence-electron chi connectivity index (χ2n) is 10.8. The summed E-state index contributed by atoms with van der Waals surface area (Å²) in [6.45, 7) is 4.32. The molecule has 0 heterocycles. The highest BCUT2D eigenvalue weighted by atomic mass is 15.2. The van der Waals surface area contributed by atoms with E-state index >= 15 is 0 Å². The minimum Gasteiger partial charge on any atom is -0.308 e. The number of nitrogens with zero attached hydrogens (tertiary/aromatic N) is 2. The molecule has 202 valence electrons. The van der Waals surface area contributed by atoms with Crippen LogP contribution in [-0.2, 0) is 0 Å². The maximum Gasteiger partial charge on any atom is 0.0788 e. The third kappa shape index (κ3) is 4.57. The highest BCUT2D eigenvalue weighted by Gasteiger charge is 2.27. The zero-order chi connectivity index (χ0) is 28.5. The number of aryl methyl sites for hydroxylation is 2. The van der Waals surface area contributed by atoms with Gasteiger partial charge in [-0.05, 0) is 84.3 Å². The minimum atomic E-state index is 1.11. The Morgan fingerprint density at radius 2 is 0.643 bits per heavy atom. The number of benzene rings is 7. The fourth-order valence-corrected chi connectivity index (χ4v) is 6.06. The third-order valence-electron chi connectivity index (χ3n) is 7.87. The van der Waals surface area contributed by atoms with Crippen LogP contribution < -0.4 is 9.80 Å². The Morgan fingerprint density at radius 1 is 0.310 bits per heavy atom. The van der Waals surface area contributed by atoms with Crippen LogP contribution in [0.2, 0.25) is 0 Å². The Balaban J connectivity index is 1.70. The van der Waals surface area contributed by atoms with Gasteiger partial charge in [0.25, 0.3) is 0 Å². The standard InChI is InChI=1S/C40H32N2/c1-29-15-13-21-33(27-29)41(31-17-5-3-6-18-31)39-37-25-11-9-23-35(37)36-24-10-12-26-38(36)40(39)42(32-19-7-4-8-20-32)34-22-14-16-30(2)28-34/h3-28H,1-2H3. The van der Waals surface area contributed by atoms with Crippen molar-refractivity contribution in [2.75, 3.05) is 9.80 Å². The van der Waals surface area contributed by atoms with Crippen molar-refractivity contribution in [1.29, 1.82) is 0 Å². The summed E-state index contributed by atoms with van der Waals surface area (Å²) in [6, 6.07) is 56.7. The summed E-state index contributed by atoms with van der Waals surface area (Å²) in [4.78, 5) is 4.87. The molecule has 0 saturated carbocycles. The SMILES string of the molecule is Cc1cccc(N(c2ccccc2)c2c(N(c3ccccc3)c3cccc(C)c3)c3ccccc3c3ccccc23)c1. The van der Waals surface area contributed by atoms with Gasteiger partial charge < -0.3 is 9.80 Å². The molecule has 2 nitrogen and oxygen atoms in total. The second kappa shape index (κ2) is 10.9. The van der Waals surface area contributed by atoms with Gasteiger partial charge in [0, 0.05) is 33.5 Å². The molecular formula is C40H32N2. The molecule has 7 rings (SSSR count). The summed E-state index contributed by atoms with van der Waals surface area (Å²) in [7, 11) is 0. The van der Waals surface area contributed by atoms with Crippen molar-refractivity contribution in [1.82, 2.24) is 0 Å². The first-order valence-corrected chi connectivity index (χ1v) is 14.5. The molecule has 0 fully saturated rings. The average Bonchev–Trinajstić information content (AvgIpc) is 3.03. The molecule has 0 radical (unpaired) electrons. The van der Waals surface area contributed by atoms with E-state index in [4.69, 9.17) is 0 Å². The number of hydrogen-bond donors (Lipinski definition) is 0. The van der Waals surface area contributed by atoms with Crippen LogP contribution in [0.3, 0.4) is 0 Å². The van der Waals surface area contributed by atoms with Gasteiger partial charge in [-0.2, -0.15) is 0 Å². The van der Waals surface area contributed by atoms with Gasteiger partial charge in [-0.1, -0.05) is 109 Å². The zero-order valence-electron chi connectivity index (χ0n) is 23.9. The maximum absolute atomic E-state index is 2.43. The molecule has 0 amide bonds. The Labute approximate surface area is 247 Å². The van der Waals surface area contributed by atoms with Crippen molar-refractivity contribution in [3.05, 3.63) is 169 Å². The Hall–Kier alpha value is -5.34. The molecule has 0 aliphatic rings. The van der Waals surface area contributed by atoms with Crippen LogP contribution in [0.25, 0.3) is 21.5 Å². The number of hydrogen-bond acceptors (Lipinski definition) is 2. The topological polar surface area (TPSA) is 6.48 Å². The summed E-state index contributed by atoms with van der Waals surface area (Å²) >= 11 is 0. The molecule has 2 heteroatoms. The molecule has 0 atom stereocenters. The van der Waals surface area contributed by atoms with Crippen molar-refractivity contribution in [2.45, 2.75) is 13.8 Å². The molecule has 0 N–H and O–H groups in total. The van der Waals surface area contributed by atoms with E-state index in [1.165, 1.54) is 32.7 Å². The molecule has 7 aromatic rings. The fourth-order valence-electron chi connectivity index (χ4n) is 6.06. The third-order valence-corrected chi connectivity index (χ3v) is 7.87. The summed E-state index contributed by atoms with van der Waals surface area (Å²) in [5.74, 6) is 0. The van der Waals surface area contributed by atoms with Crippen LogP contribution in [0.15, 0.2) is 158 Å². The predicted octanol–water partition coefficient (Wildman–Crippen LogP) is 11.5. The first-order chi connectivity index (χ1) is 20.7. The lowest BCUT2D eigenvalue weighted by atomic mass is 9.95. The highest BCUT2D eigenvalue weighted by Crippen LogP contribution is 2.52. The summed E-state index contributed by atoms with van der Waals surface area (Å²) in [5.41, 5.74) is 9.21. The van der Waals surface area contributed by atoms with E-state index in [1.54, 1.807) is 0 Å². The molecular weight excluding hydrogens is 508 g/mol. The lowest BCUT2D eigenvalue weighted by Gasteiger charge is -2.35. The number of rotatable bonds is 6. The van der Waals surface area contributed by atoms with Gasteiger partial charge in [-0.3, -0.25) is 0 Å². The molecule has 0 aromatic heterocycles. The van der Waals surface area contributed by atoms with E-state index in [9.17, 15) is 0 Å². The van der Waals surface area contributed by atoms with Crippen molar-refractivity contribution in [2.24, 2.45) is 0 Å². The zero-order valence-corrected chi connectivity index (χ0v) is 23.9. The fraction of sp³-hybridized carbons (Fsp3) is 0.0500. The van der Waals surface area contributed by atoms with Gasteiger partial charge in [0.1, 0.15) is 0 Å². The normalized spacial score (nSPS) is 11.1. The molecule has 42 heavy (non-hydrogen) atoms. The molecule has 0 aliphatic carbocycles. The Bertz CT molecular complexity index is 1860. The van der Waals surface area contributed by atoms with Gasteiger partial charge in [0.2, 0.25) is 0 Å². The van der Waals surface area contributed by atoms with E-state index in [1.807, 2.05) is 0 Å². The lowest BCUT2D eigenvalue weighted by molar-refractivity contribution is 1.24. The largest absolute Gasteiger partial charge is 0.308 e. The van der Waals surface area contributed by atoms with Gasteiger partial charge >= 0.3 is 0 Å². The van der Waals surface area contributed by atoms with Gasteiger partial charge in [0.15, 0.2) is 0 Å². The van der Waals surface area contributed by atoms with Crippen LogP contribution in [0, 0.1) is 13.8 Å². The average molecular weight is 541 g/mol. The van der Waals surface area contributed by atoms with E-state index in [0.29, 0.717) is 0 Å². The number of fused-ring (bicyclic) bond motifs is 3. The van der Waals surface area contributed by atoms with E-state index in [0.717, 1.165) is 34.1 Å². The van der Waals surface area contributed by atoms with Crippen molar-refractivity contribution in [3.8, 4) is 0 Å². The van der Waals surface area contributed by atoms with E-state index in [2.05, 4.69) is 181 Å². The van der Waals surface area contributed by atoms with Crippen LogP contribution in [0.1, 0.15) is 11.1 Å². The summed E-state index contributed by atoms with van der Waals surface area (Å²) < 4.78 is 0. The maximum atomic E-state index is 2.43. The summed E-state index contributed by atoms with van der Waals surface area (Å²) in [6.07, 6.45) is 0. The van der Waals surface area contributed by atoms with Crippen LogP contribution in [0.4, 0.5) is 34.1 Å². The van der Waals surface area contributed by atoms with E-state index < -0.39 is 0 Å². The molecule has 0 aliphatic heterocycles. The van der Waals surface area contributed by atoms with Gasteiger partial charge in [0.05, 0.1) is 11.4 Å². The monoisotopic (exact) mass is 540 g/mol. The molecule has 0 bridgehead atoms. The molecule has 0 unspecified atom stereocenters. The Morgan fingerprint density at radius 3 is 1.02 bits per heavy atom. The predicted molar refractivity (Wildman–Crippen MR) is 180 cm³/mol. The first kappa shape index (κ1) is 25.6. The van der Waals surface area contributed by atoms with Gasteiger partial charge in [-0.25, -0.2) is 0 Å². The molecule has 7 aromatic carbocycles. The van der Waals surface area contributed by atoms with Crippen molar-refractivity contribution in [3.63, 3.8) is 0 Å². The highest BCUT2D eigenvalue weighted by molar-refractivity contribution is 6.23. The van der Waals surface area contributed by atoms with Crippen molar-refractivity contribution < 1.29 is 0 Å².